The first-order chi connectivity index (χ1) is 9.47. The molecular weight excluding hydrogens is 272 g/mol. The molecule has 5 heteroatoms. The van der Waals surface area contributed by atoms with Crippen molar-refractivity contribution in [2.75, 3.05) is 12.3 Å². The number of anilines is 1. The summed E-state index contributed by atoms with van der Waals surface area (Å²) < 4.78 is 12.4. The van der Waals surface area contributed by atoms with Gasteiger partial charge in [-0.1, -0.05) is 25.8 Å². The minimum atomic E-state index is -1.42. The maximum absolute atomic E-state index is 12.4. The summed E-state index contributed by atoms with van der Waals surface area (Å²) in [6.07, 6.45) is 3.15. The van der Waals surface area contributed by atoms with Crippen LogP contribution in [0.4, 0.5) is 5.69 Å². The topological polar surface area (TPSA) is 72.2 Å². The van der Waals surface area contributed by atoms with Gasteiger partial charge in [-0.25, -0.2) is 0 Å². The molecule has 3 N–H and O–H groups in total. The second-order valence-corrected chi connectivity index (χ2v) is 6.72. The zero-order valence-electron chi connectivity index (χ0n) is 12.4. The molecule has 1 aromatic carbocycles. The van der Waals surface area contributed by atoms with Crippen molar-refractivity contribution >= 4 is 22.4 Å². The molecule has 20 heavy (non-hydrogen) atoms. The van der Waals surface area contributed by atoms with Crippen LogP contribution in [0.5, 0.6) is 0 Å². The third-order valence-corrected chi connectivity index (χ3v) is 4.81. The number of unbranched alkanes of at least 4 members (excludes halogenated alkanes) is 2. The van der Waals surface area contributed by atoms with E-state index in [1.807, 2.05) is 13.0 Å². The Morgan fingerprint density at radius 3 is 2.70 bits per heavy atom. The maximum Gasteiger partial charge on any atom is 0.235 e. The fraction of sp³-hybridized carbons (Fsp3) is 0.533. The van der Waals surface area contributed by atoms with Crippen LogP contribution < -0.4 is 11.1 Å². The summed E-state index contributed by atoms with van der Waals surface area (Å²) in [6, 6.07) is 5.37. The molecule has 2 atom stereocenters. The molecule has 2 unspecified atom stereocenters. The zero-order valence-corrected chi connectivity index (χ0v) is 13.3. The summed E-state index contributed by atoms with van der Waals surface area (Å²) in [4.78, 5) is 12.5. The molecule has 1 aromatic rings. The Kier molecular flexibility index (Phi) is 6.71. The van der Waals surface area contributed by atoms with E-state index in [0.717, 1.165) is 24.8 Å². The van der Waals surface area contributed by atoms with Gasteiger partial charge < -0.3 is 11.1 Å². The van der Waals surface area contributed by atoms with Crippen LogP contribution in [0.1, 0.15) is 38.7 Å². The molecule has 0 saturated heterocycles. The van der Waals surface area contributed by atoms with E-state index in [0.29, 0.717) is 17.1 Å². The highest BCUT2D eigenvalue weighted by atomic mass is 32.2. The average molecular weight is 296 g/mol. The lowest BCUT2D eigenvalue weighted by molar-refractivity contribution is -0.120. The second-order valence-electron chi connectivity index (χ2n) is 4.98. The lowest BCUT2D eigenvalue weighted by Crippen LogP contribution is -2.36. The predicted molar refractivity (Wildman–Crippen MR) is 84.0 cm³/mol. The van der Waals surface area contributed by atoms with Crippen molar-refractivity contribution in [1.82, 2.24) is 5.32 Å². The number of nitrogens with one attached hydrogen (secondary N) is 1. The van der Waals surface area contributed by atoms with E-state index in [2.05, 4.69) is 12.2 Å². The molecular formula is C15H24N2O2S. The van der Waals surface area contributed by atoms with Crippen LogP contribution in [0.25, 0.3) is 0 Å². The molecule has 112 valence electrons. The molecule has 0 aliphatic heterocycles. The van der Waals surface area contributed by atoms with Crippen molar-refractivity contribution in [2.45, 2.75) is 50.2 Å². The van der Waals surface area contributed by atoms with Gasteiger partial charge in [0.2, 0.25) is 5.91 Å². The summed E-state index contributed by atoms with van der Waals surface area (Å²) in [5.74, 6) is -0.181. The number of nitrogen functional groups attached to an aromatic ring is 1. The van der Waals surface area contributed by atoms with Gasteiger partial charge in [0.15, 0.2) is 0 Å². The van der Waals surface area contributed by atoms with Gasteiger partial charge in [0.25, 0.3) is 0 Å². The van der Waals surface area contributed by atoms with Crippen LogP contribution in [0.3, 0.4) is 0 Å². The molecule has 1 amide bonds. The van der Waals surface area contributed by atoms with Crippen molar-refractivity contribution in [1.29, 1.82) is 0 Å². The molecule has 0 aromatic heterocycles. The van der Waals surface area contributed by atoms with Gasteiger partial charge in [0.05, 0.1) is 15.7 Å². The Bertz CT molecular complexity index is 489. The number of aryl methyl sites for hydroxylation is 1. The highest BCUT2D eigenvalue weighted by Gasteiger charge is 2.22. The molecule has 0 saturated carbocycles. The summed E-state index contributed by atoms with van der Waals surface area (Å²) in [7, 11) is -1.42. The summed E-state index contributed by atoms with van der Waals surface area (Å²) in [5, 5.41) is 2.23. The van der Waals surface area contributed by atoms with E-state index in [-0.39, 0.29) is 5.91 Å². The van der Waals surface area contributed by atoms with Crippen LogP contribution in [-0.2, 0) is 15.6 Å². The van der Waals surface area contributed by atoms with E-state index in [1.54, 1.807) is 19.1 Å². The molecule has 0 fully saturated rings. The lowest BCUT2D eigenvalue weighted by atomic mass is 10.2. The zero-order chi connectivity index (χ0) is 15.1. The largest absolute Gasteiger partial charge is 0.398 e. The highest BCUT2D eigenvalue weighted by molar-refractivity contribution is 7.86. The number of hydrogen-bond acceptors (Lipinski definition) is 3. The van der Waals surface area contributed by atoms with Crippen molar-refractivity contribution in [2.24, 2.45) is 0 Å². The quantitative estimate of drug-likeness (QED) is 0.599. The number of carbonyl (C=O) groups excluding carboxylic acids is 1. The maximum atomic E-state index is 12.4. The third kappa shape index (κ3) is 4.63. The summed E-state index contributed by atoms with van der Waals surface area (Å²) in [6.45, 7) is 6.34. The number of carbonyl (C=O) groups is 1. The normalized spacial score (nSPS) is 13.8. The molecule has 0 heterocycles. The van der Waals surface area contributed by atoms with Gasteiger partial charge in [-0.2, -0.15) is 0 Å². The summed E-state index contributed by atoms with van der Waals surface area (Å²) in [5.41, 5.74) is 7.37. The Hall–Kier alpha value is -1.36. The van der Waals surface area contributed by atoms with E-state index in [4.69, 9.17) is 5.73 Å². The molecule has 0 bridgehead atoms. The number of nitrogens with two attached hydrogens (primary N) is 1. The number of benzene rings is 1. The molecule has 0 aliphatic rings. The van der Waals surface area contributed by atoms with Gasteiger partial charge in [-0.15, -0.1) is 0 Å². The monoisotopic (exact) mass is 296 g/mol. The molecule has 0 aliphatic carbocycles. The van der Waals surface area contributed by atoms with E-state index < -0.39 is 16.0 Å². The first-order valence-electron chi connectivity index (χ1n) is 7.01. The minimum absolute atomic E-state index is 0.181. The second kappa shape index (κ2) is 8.04. The molecule has 4 nitrogen and oxygen atoms in total. The van der Waals surface area contributed by atoms with Crippen LogP contribution >= 0.6 is 0 Å². The lowest BCUT2D eigenvalue weighted by Gasteiger charge is -2.13. The van der Waals surface area contributed by atoms with Crippen LogP contribution in [0.15, 0.2) is 23.1 Å². The smallest absolute Gasteiger partial charge is 0.235 e. The average Bonchev–Trinajstić information content (AvgIpc) is 2.42. The SMILES string of the molecule is CCCCCNC(=O)C(C)S(=O)c1ccc(C)cc1N. The molecule has 0 spiro atoms. The number of amides is 1. The van der Waals surface area contributed by atoms with Crippen molar-refractivity contribution in [3.05, 3.63) is 23.8 Å². The van der Waals surface area contributed by atoms with Crippen LogP contribution in [0, 0.1) is 6.92 Å². The fourth-order valence-corrected chi connectivity index (χ4v) is 3.02. The Labute approximate surface area is 123 Å². The van der Waals surface area contributed by atoms with Gasteiger partial charge in [0, 0.05) is 12.2 Å². The predicted octanol–water partition coefficient (Wildman–Crippen LogP) is 2.38. The number of rotatable bonds is 7. The molecule has 1 rings (SSSR count). The van der Waals surface area contributed by atoms with E-state index >= 15 is 0 Å². The van der Waals surface area contributed by atoms with Gasteiger partial charge in [0.1, 0.15) is 5.25 Å². The van der Waals surface area contributed by atoms with Crippen LogP contribution in [0.2, 0.25) is 0 Å². The van der Waals surface area contributed by atoms with Crippen molar-refractivity contribution < 1.29 is 9.00 Å². The van der Waals surface area contributed by atoms with Gasteiger partial charge in [-0.05, 0) is 38.0 Å². The third-order valence-electron chi connectivity index (χ3n) is 3.15. The fourth-order valence-electron chi connectivity index (χ4n) is 1.87. The highest BCUT2D eigenvalue weighted by Crippen LogP contribution is 2.20. The molecule has 0 radical (unpaired) electrons. The minimum Gasteiger partial charge on any atom is -0.398 e. The van der Waals surface area contributed by atoms with Crippen molar-refractivity contribution in [3.63, 3.8) is 0 Å². The Balaban J connectivity index is 2.64. The Morgan fingerprint density at radius 1 is 1.40 bits per heavy atom. The Morgan fingerprint density at radius 2 is 2.10 bits per heavy atom. The standard InChI is InChI=1S/C15H24N2O2S/c1-4-5-6-9-17-15(18)12(3)20(19)14-8-7-11(2)10-13(14)16/h7-8,10,12H,4-6,9,16H2,1-3H3,(H,17,18). The number of hydrogen-bond donors (Lipinski definition) is 2. The van der Waals surface area contributed by atoms with Gasteiger partial charge >= 0.3 is 0 Å². The first-order valence-corrected chi connectivity index (χ1v) is 8.23. The van der Waals surface area contributed by atoms with Crippen molar-refractivity contribution in [3.8, 4) is 0 Å². The van der Waals surface area contributed by atoms with E-state index in [9.17, 15) is 9.00 Å². The first kappa shape index (κ1) is 16.7. The van der Waals surface area contributed by atoms with E-state index in [1.165, 1.54) is 0 Å². The summed E-state index contributed by atoms with van der Waals surface area (Å²) >= 11 is 0. The van der Waals surface area contributed by atoms with Gasteiger partial charge in [-0.3, -0.25) is 9.00 Å². The van der Waals surface area contributed by atoms with Crippen LogP contribution in [-0.4, -0.2) is 21.9 Å².